The van der Waals surface area contributed by atoms with Crippen molar-refractivity contribution in [3.63, 3.8) is 0 Å². The zero-order valence-corrected chi connectivity index (χ0v) is 12.5. The molecule has 2 nitrogen and oxygen atoms in total. The maximum atomic E-state index is 6.34. The number of rotatable bonds is 2. The summed E-state index contributed by atoms with van der Waals surface area (Å²) in [5.74, 6) is 0. The van der Waals surface area contributed by atoms with E-state index in [-0.39, 0.29) is 5.54 Å². The molecular weight excluding hydrogens is 244 g/mol. The summed E-state index contributed by atoms with van der Waals surface area (Å²) < 4.78 is 0. The molecule has 2 rings (SSSR count). The molecule has 100 valence electrons. The summed E-state index contributed by atoms with van der Waals surface area (Å²) in [6, 6.07) is 6.89. The first-order valence-corrected chi connectivity index (χ1v) is 7.00. The molecule has 0 amide bonds. The summed E-state index contributed by atoms with van der Waals surface area (Å²) in [7, 11) is 0. The van der Waals surface area contributed by atoms with Crippen molar-refractivity contribution >= 4 is 11.6 Å². The SMILES string of the molecule is Cc1ccc(CN2CC(C)NCC2(C)C)c(Cl)c1. The molecule has 0 radical (unpaired) electrons. The Morgan fingerprint density at radius 2 is 2.17 bits per heavy atom. The summed E-state index contributed by atoms with van der Waals surface area (Å²) in [5.41, 5.74) is 2.63. The highest BCUT2D eigenvalue weighted by Gasteiger charge is 2.32. The van der Waals surface area contributed by atoms with Crippen LogP contribution in [-0.4, -0.2) is 29.6 Å². The van der Waals surface area contributed by atoms with E-state index in [0.717, 1.165) is 24.7 Å². The third-order valence-corrected chi connectivity index (χ3v) is 4.16. The fraction of sp³-hybridized carbons (Fsp3) is 0.600. The second-order valence-electron chi connectivity index (χ2n) is 6.07. The van der Waals surface area contributed by atoms with Crippen LogP contribution in [-0.2, 0) is 6.54 Å². The fourth-order valence-corrected chi connectivity index (χ4v) is 2.74. The lowest BCUT2D eigenvalue weighted by Gasteiger charge is -2.45. The normalized spacial score (nSPS) is 24.2. The minimum atomic E-state index is 0.181. The van der Waals surface area contributed by atoms with Gasteiger partial charge in [0.15, 0.2) is 0 Å². The lowest BCUT2D eigenvalue weighted by molar-refractivity contribution is 0.0627. The van der Waals surface area contributed by atoms with E-state index in [1.54, 1.807) is 0 Å². The van der Waals surface area contributed by atoms with E-state index in [2.05, 4.69) is 56.1 Å². The molecule has 1 atom stereocenters. The summed E-state index contributed by atoms with van der Waals surface area (Å²) >= 11 is 6.34. The van der Waals surface area contributed by atoms with Gasteiger partial charge in [-0.1, -0.05) is 23.7 Å². The number of hydrogen-bond donors (Lipinski definition) is 1. The van der Waals surface area contributed by atoms with Crippen molar-refractivity contribution in [1.82, 2.24) is 10.2 Å². The van der Waals surface area contributed by atoms with Crippen LogP contribution in [0.5, 0.6) is 0 Å². The molecule has 1 N–H and O–H groups in total. The topological polar surface area (TPSA) is 15.3 Å². The smallest absolute Gasteiger partial charge is 0.0453 e. The van der Waals surface area contributed by atoms with Gasteiger partial charge in [0, 0.05) is 36.2 Å². The second kappa shape index (κ2) is 5.20. The van der Waals surface area contributed by atoms with Crippen LogP contribution in [0.4, 0.5) is 0 Å². The van der Waals surface area contributed by atoms with E-state index in [1.165, 1.54) is 11.1 Å². The van der Waals surface area contributed by atoms with Crippen LogP contribution < -0.4 is 5.32 Å². The number of piperazine rings is 1. The van der Waals surface area contributed by atoms with Gasteiger partial charge in [-0.15, -0.1) is 0 Å². The molecule has 0 spiro atoms. The Hall–Kier alpha value is -0.570. The Morgan fingerprint density at radius 3 is 2.83 bits per heavy atom. The Morgan fingerprint density at radius 1 is 1.44 bits per heavy atom. The van der Waals surface area contributed by atoms with Crippen LogP contribution >= 0.6 is 11.6 Å². The first kappa shape index (κ1) is 13.9. The van der Waals surface area contributed by atoms with Gasteiger partial charge in [-0.2, -0.15) is 0 Å². The Labute approximate surface area is 115 Å². The molecule has 1 aromatic rings. The molecule has 1 saturated heterocycles. The molecule has 1 unspecified atom stereocenters. The van der Waals surface area contributed by atoms with Crippen LogP contribution in [0, 0.1) is 6.92 Å². The minimum Gasteiger partial charge on any atom is -0.311 e. The molecule has 1 heterocycles. The molecule has 0 aromatic heterocycles. The number of nitrogens with zero attached hydrogens (tertiary/aromatic N) is 1. The lowest BCUT2D eigenvalue weighted by Crippen LogP contribution is -2.60. The van der Waals surface area contributed by atoms with Crippen LogP contribution in [0.15, 0.2) is 18.2 Å². The van der Waals surface area contributed by atoms with Gasteiger partial charge in [0.25, 0.3) is 0 Å². The van der Waals surface area contributed by atoms with Gasteiger partial charge < -0.3 is 5.32 Å². The third kappa shape index (κ3) is 3.05. The molecular formula is C15H23ClN2. The predicted molar refractivity (Wildman–Crippen MR) is 78.1 cm³/mol. The molecule has 1 aromatic carbocycles. The highest BCUT2D eigenvalue weighted by atomic mass is 35.5. The van der Waals surface area contributed by atoms with Gasteiger partial charge in [-0.3, -0.25) is 4.90 Å². The molecule has 0 saturated carbocycles. The van der Waals surface area contributed by atoms with Gasteiger partial charge in [0.2, 0.25) is 0 Å². The highest BCUT2D eigenvalue weighted by molar-refractivity contribution is 6.31. The number of nitrogens with one attached hydrogen (secondary N) is 1. The van der Waals surface area contributed by atoms with Crippen molar-refractivity contribution < 1.29 is 0 Å². The van der Waals surface area contributed by atoms with E-state index in [0.29, 0.717) is 6.04 Å². The number of halogens is 1. The quantitative estimate of drug-likeness (QED) is 0.884. The van der Waals surface area contributed by atoms with Crippen molar-refractivity contribution in [2.24, 2.45) is 0 Å². The van der Waals surface area contributed by atoms with Crippen molar-refractivity contribution in [3.05, 3.63) is 34.3 Å². The molecule has 1 aliphatic rings. The highest BCUT2D eigenvalue weighted by Crippen LogP contribution is 2.25. The average Bonchev–Trinajstić information content (AvgIpc) is 2.27. The second-order valence-corrected chi connectivity index (χ2v) is 6.48. The van der Waals surface area contributed by atoms with Crippen LogP contribution in [0.3, 0.4) is 0 Å². The predicted octanol–water partition coefficient (Wildman–Crippen LogP) is 3.22. The number of aryl methyl sites for hydroxylation is 1. The molecule has 0 bridgehead atoms. The summed E-state index contributed by atoms with van der Waals surface area (Å²) in [6.07, 6.45) is 0. The molecule has 3 heteroatoms. The Balaban J connectivity index is 2.16. The average molecular weight is 267 g/mol. The zero-order chi connectivity index (χ0) is 13.3. The summed E-state index contributed by atoms with van der Waals surface area (Å²) in [4.78, 5) is 2.52. The van der Waals surface area contributed by atoms with Crippen molar-refractivity contribution in [2.45, 2.75) is 45.8 Å². The van der Waals surface area contributed by atoms with E-state index in [9.17, 15) is 0 Å². The monoisotopic (exact) mass is 266 g/mol. The molecule has 1 fully saturated rings. The standard InChI is InChI=1S/C15H23ClN2/c1-11-5-6-13(14(16)7-11)9-18-8-12(2)17-10-15(18,3)4/h5-7,12,17H,8-10H2,1-4H3. The summed E-state index contributed by atoms with van der Waals surface area (Å²) in [5, 5.41) is 4.42. The number of benzene rings is 1. The van der Waals surface area contributed by atoms with E-state index >= 15 is 0 Å². The first-order valence-electron chi connectivity index (χ1n) is 6.62. The van der Waals surface area contributed by atoms with Crippen LogP contribution in [0.1, 0.15) is 31.9 Å². The van der Waals surface area contributed by atoms with Crippen LogP contribution in [0.25, 0.3) is 0 Å². The van der Waals surface area contributed by atoms with Gasteiger partial charge in [-0.25, -0.2) is 0 Å². The van der Waals surface area contributed by atoms with Crippen molar-refractivity contribution in [3.8, 4) is 0 Å². The Kier molecular flexibility index (Phi) is 4.00. The maximum Gasteiger partial charge on any atom is 0.0453 e. The molecule has 1 aliphatic heterocycles. The van der Waals surface area contributed by atoms with E-state index < -0.39 is 0 Å². The zero-order valence-electron chi connectivity index (χ0n) is 11.8. The minimum absolute atomic E-state index is 0.181. The van der Waals surface area contributed by atoms with Crippen molar-refractivity contribution in [2.75, 3.05) is 13.1 Å². The van der Waals surface area contributed by atoms with Crippen molar-refractivity contribution in [1.29, 1.82) is 0 Å². The van der Waals surface area contributed by atoms with Gasteiger partial charge in [0.1, 0.15) is 0 Å². The first-order chi connectivity index (χ1) is 8.38. The lowest BCUT2D eigenvalue weighted by atomic mass is 9.96. The van der Waals surface area contributed by atoms with Gasteiger partial charge in [-0.05, 0) is 44.9 Å². The van der Waals surface area contributed by atoms with Gasteiger partial charge >= 0.3 is 0 Å². The largest absolute Gasteiger partial charge is 0.311 e. The Bertz CT molecular complexity index is 429. The fourth-order valence-electron chi connectivity index (χ4n) is 2.44. The molecule has 0 aliphatic carbocycles. The summed E-state index contributed by atoms with van der Waals surface area (Å²) in [6.45, 7) is 11.9. The van der Waals surface area contributed by atoms with E-state index in [4.69, 9.17) is 11.6 Å². The third-order valence-electron chi connectivity index (χ3n) is 3.80. The molecule has 18 heavy (non-hydrogen) atoms. The number of hydrogen-bond acceptors (Lipinski definition) is 2. The van der Waals surface area contributed by atoms with Gasteiger partial charge in [0.05, 0.1) is 0 Å². The van der Waals surface area contributed by atoms with E-state index in [1.807, 2.05) is 0 Å². The van der Waals surface area contributed by atoms with Crippen LogP contribution in [0.2, 0.25) is 5.02 Å². The maximum absolute atomic E-state index is 6.34.